The highest BCUT2D eigenvalue weighted by molar-refractivity contribution is 5.83. The van der Waals surface area contributed by atoms with Crippen LogP contribution >= 0.6 is 0 Å². The smallest absolute Gasteiger partial charge is 0.243 e. The van der Waals surface area contributed by atoms with E-state index < -0.39 is 0 Å². The summed E-state index contributed by atoms with van der Waals surface area (Å²) in [6.45, 7) is 5.89. The van der Waals surface area contributed by atoms with Gasteiger partial charge in [0.25, 0.3) is 0 Å². The first-order valence-corrected chi connectivity index (χ1v) is 8.84. The molecule has 0 aliphatic carbocycles. The first kappa shape index (κ1) is 17.6. The van der Waals surface area contributed by atoms with Gasteiger partial charge in [-0.2, -0.15) is 0 Å². The normalized spacial score (nSPS) is 17.5. The second-order valence-electron chi connectivity index (χ2n) is 6.70. The monoisotopic (exact) mass is 342 g/mol. The van der Waals surface area contributed by atoms with Gasteiger partial charge >= 0.3 is 0 Å². The van der Waals surface area contributed by atoms with E-state index in [1.165, 1.54) is 5.56 Å². The molecule has 0 fully saturated rings. The maximum absolute atomic E-state index is 12.9. The fourth-order valence-electron chi connectivity index (χ4n) is 3.42. The molecule has 0 saturated carbocycles. The molecule has 1 aliphatic rings. The van der Waals surface area contributed by atoms with Gasteiger partial charge in [0.05, 0.1) is 24.3 Å². The molecule has 0 bridgehead atoms. The zero-order valence-electron chi connectivity index (χ0n) is 14.9. The lowest BCUT2D eigenvalue weighted by molar-refractivity contribution is -0.127. The van der Waals surface area contributed by atoms with E-state index >= 15 is 0 Å². The maximum Gasteiger partial charge on any atom is 0.243 e. The van der Waals surface area contributed by atoms with Crippen molar-refractivity contribution >= 4 is 5.91 Å². The first-order chi connectivity index (χ1) is 12.1. The predicted molar refractivity (Wildman–Crippen MR) is 96.0 cm³/mol. The Bertz CT molecular complexity index is 711. The van der Waals surface area contributed by atoms with Crippen LogP contribution in [0.4, 0.5) is 0 Å². The minimum Gasteiger partial charge on any atom is -0.395 e. The molecule has 0 spiro atoms. The third kappa shape index (κ3) is 3.75. The quantitative estimate of drug-likeness (QED) is 0.838. The second-order valence-corrected chi connectivity index (χ2v) is 6.70. The molecule has 1 aromatic heterocycles. The Morgan fingerprint density at radius 1 is 1.36 bits per heavy atom. The van der Waals surface area contributed by atoms with Gasteiger partial charge in [0, 0.05) is 32.1 Å². The van der Waals surface area contributed by atoms with Gasteiger partial charge in [-0.1, -0.05) is 30.3 Å². The van der Waals surface area contributed by atoms with Gasteiger partial charge in [0.2, 0.25) is 5.91 Å². The number of hydrogen-bond acceptors (Lipinski definition) is 4. The predicted octanol–water partition coefficient (Wildman–Crippen LogP) is 1.67. The molecular weight excluding hydrogens is 316 g/mol. The van der Waals surface area contributed by atoms with Crippen LogP contribution in [0.5, 0.6) is 0 Å². The highest BCUT2D eigenvalue weighted by Gasteiger charge is 2.36. The van der Waals surface area contributed by atoms with Crippen molar-refractivity contribution in [1.82, 2.24) is 19.8 Å². The van der Waals surface area contributed by atoms with Crippen LogP contribution < -0.4 is 5.32 Å². The number of amides is 1. The van der Waals surface area contributed by atoms with Crippen LogP contribution in [0.3, 0.4) is 0 Å². The summed E-state index contributed by atoms with van der Waals surface area (Å²) in [6.07, 6.45) is 2.68. The Hall–Kier alpha value is -2.18. The number of carbonyl (C=O) groups is 1. The van der Waals surface area contributed by atoms with E-state index in [0.29, 0.717) is 6.54 Å². The molecule has 3 rings (SSSR count). The van der Waals surface area contributed by atoms with E-state index in [4.69, 9.17) is 5.11 Å². The summed E-state index contributed by atoms with van der Waals surface area (Å²) in [6, 6.07) is 10.0. The number of aliphatic hydroxyl groups excluding tert-OH is 1. The minimum absolute atomic E-state index is 0.0621. The average Bonchev–Trinajstić information content (AvgIpc) is 3.04. The molecule has 1 aromatic carbocycles. The molecule has 1 amide bonds. The average molecular weight is 342 g/mol. The summed E-state index contributed by atoms with van der Waals surface area (Å²) in [5.41, 5.74) is 3.16. The second kappa shape index (κ2) is 7.80. The van der Waals surface area contributed by atoms with Crippen LogP contribution in [-0.2, 0) is 17.8 Å². The van der Waals surface area contributed by atoms with Crippen molar-refractivity contribution in [3.63, 3.8) is 0 Å². The number of nitrogens with zero attached hydrogens (tertiary/aromatic N) is 3. The molecule has 1 atom stereocenters. The summed E-state index contributed by atoms with van der Waals surface area (Å²) >= 11 is 0. The first-order valence-electron chi connectivity index (χ1n) is 8.84. The van der Waals surface area contributed by atoms with Crippen molar-refractivity contribution in [2.24, 2.45) is 0 Å². The van der Waals surface area contributed by atoms with Crippen molar-refractivity contribution in [3.8, 4) is 0 Å². The van der Waals surface area contributed by atoms with Crippen molar-refractivity contribution in [2.75, 3.05) is 19.7 Å². The maximum atomic E-state index is 12.9. The lowest BCUT2D eigenvalue weighted by Gasteiger charge is -2.35. The highest BCUT2D eigenvalue weighted by Crippen LogP contribution is 2.32. The molecule has 6 nitrogen and oxygen atoms in total. The largest absolute Gasteiger partial charge is 0.395 e. The topological polar surface area (TPSA) is 70.4 Å². The van der Waals surface area contributed by atoms with E-state index in [2.05, 4.69) is 45.7 Å². The number of rotatable bonds is 6. The highest BCUT2D eigenvalue weighted by atomic mass is 16.3. The molecule has 0 radical (unpaired) electrons. The lowest BCUT2D eigenvalue weighted by atomic mass is 10.00. The molecule has 6 heteroatoms. The van der Waals surface area contributed by atoms with Gasteiger partial charge in [0.1, 0.15) is 6.04 Å². The Morgan fingerprint density at radius 2 is 2.12 bits per heavy atom. The number of aromatic nitrogens is 2. The minimum atomic E-state index is -0.389. The molecule has 134 valence electrons. The molecule has 0 saturated heterocycles. The van der Waals surface area contributed by atoms with Crippen molar-refractivity contribution in [3.05, 3.63) is 53.6 Å². The molecule has 0 unspecified atom stereocenters. The fraction of sp³-hybridized carbons (Fsp3) is 0.474. The number of carbonyl (C=O) groups excluding carboxylic acids is 1. The van der Waals surface area contributed by atoms with E-state index in [1.807, 2.05) is 24.5 Å². The molecular formula is C19H26N4O2. The number of aliphatic hydroxyl groups is 1. The zero-order chi connectivity index (χ0) is 17.8. The van der Waals surface area contributed by atoms with Crippen LogP contribution in [0.25, 0.3) is 0 Å². The molecule has 2 N–H and O–H groups in total. The van der Waals surface area contributed by atoms with Gasteiger partial charge in [-0.15, -0.1) is 0 Å². The van der Waals surface area contributed by atoms with E-state index in [0.717, 1.165) is 24.4 Å². The van der Waals surface area contributed by atoms with Crippen LogP contribution in [-0.4, -0.2) is 45.2 Å². The van der Waals surface area contributed by atoms with Crippen molar-refractivity contribution in [2.45, 2.75) is 38.9 Å². The Kier molecular flexibility index (Phi) is 5.50. The van der Waals surface area contributed by atoms with Crippen LogP contribution in [0.2, 0.25) is 0 Å². The SMILES string of the molecule is CC(C)n1cnc2c1[C@@H](C(=O)NCCO)N(Cc1ccccc1)CC2. The lowest BCUT2D eigenvalue weighted by Crippen LogP contribution is -2.45. The number of fused-ring (bicyclic) bond motifs is 1. The van der Waals surface area contributed by atoms with Crippen molar-refractivity contribution in [1.29, 1.82) is 0 Å². The molecule has 1 aliphatic heterocycles. The third-order valence-corrected chi connectivity index (χ3v) is 4.62. The van der Waals surface area contributed by atoms with Gasteiger partial charge in [-0.25, -0.2) is 4.98 Å². The summed E-state index contributed by atoms with van der Waals surface area (Å²) in [4.78, 5) is 19.6. The number of benzene rings is 1. The summed E-state index contributed by atoms with van der Waals surface area (Å²) in [5.74, 6) is -0.0756. The van der Waals surface area contributed by atoms with Crippen LogP contribution in [0.15, 0.2) is 36.7 Å². The van der Waals surface area contributed by atoms with Gasteiger partial charge in [0.15, 0.2) is 0 Å². The Morgan fingerprint density at radius 3 is 2.80 bits per heavy atom. The number of imidazole rings is 1. The molecule has 2 heterocycles. The standard InChI is InChI=1S/C19H26N4O2/c1-14(2)23-13-21-16-8-10-22(12-15-6-4-3-5-7-15)18(17(16)23)19(25)20-9-11-24/h3-7,13-14,18,24H,8-12H2,1-2H3,(H,20,25)/t18-/m0/s1. The van der Waals surface area contributed by atoms with Crippen LogP contribution in [0.1, 0.15) is 42.9 Å². The van der Waals surface area contributed by atoms with Gasteiger partial charge in [-0.05, 0) is 19.4 Å². The molecule has 2 aromatic rings. The number of hydrogen-bond donors (Lipinski definition) is 2. The molecule has 25 heavy (non-hydrogen) atoms. The Balaban J connectivity index is 1.94. The fourth-order valence-corrected chi connectivity index (χ4v) is 3.42. The third-order valence-electron chi connectivity index (χ3n) is 4.62. The number of nitrogens with one attached hydrogen (secondary N) is 1. The Labute approximate surface area is 148 Å². The van der Waals surface area contributed by atoms with Gasteiger partial charge in [-0.3, -0.25) is 9.69 Å². The van der Waals surface area contributed by atoms with E-state index in [1.54, 1.807) is 0 Å². The summed E-state index contributed by atoms with van der Waals surface area (Å²) < 4.78 is 2.09. The summed E-state index contributed by atoms with van der Waals surface area (Å²) in [5, 5.41) is 11.9. The summed E-state index contributed by atoms with van der Waals surface area (Å²) in [7, 11) is 0. The zero-order valence-corrected chi connectivity index (χ0v) is 14.9. The van der Waals surface area contributed by atoms with E-state index in [9.17, 15) is 4.79 Å². The van der Waals surface area contributed by atoms with E-state index in [-0.39, 0.29) is 31.1 Å². The van der Waals surface area contributed by atoms with Crippen molar-refractivity contribution < 1.29 is 9.90 Å². The van der Waals surface area contributed by atoms with Gasteiger partial charge < -0.3 is 15.0 Å². The van der Waals surface area contributed by atoms with Crippen LogP contribution in [0, 0.1) is 0 Å².